The maximum atomic E-state index is 12.2. The molecule has 2 aromatic heterocycles. The van der Waals surface area contributed by atoms with Gasteiger partial charge in [0.1, 0.15) is 24.2 Å². The number of aromatic nitrogens is 4. The number of nitrogens with zero attached hydrogens (tertiary/aromatic N) is 5. The molecule has 0 bridgehead atoms. The van der Waals surface area contributed by atoms with Crippen molar-refractivity contribution in [2.75, 3.05) is 18.9 Å². The SMILES string of the molecule is CNC(=O)c1ncnc2c(C(C)CNc3cc(-c4ccc(C#N)cc4)ncn3)cccc12. The highest BCUT2D eigenvalue weighted by atomic mass is 16.1. The minimum atomic E-state index is -0.239. The van der Waals surface area contributed by atoms with Crippen LogP contribution in [0.5, 0.6) is 0 Å². The van der Waals surface area contributed by atoms with Crippen LogP contribution in [0.15, 0.2) is 61.2 Å². The van der Waals surface area contributed by atoms with Crippen molar-refractivity contribution >= 4 is 22.6 Å². The van der Waals surface area contributed by atoms with E-state index < -0.39 is 0 Å². The predicted molar refractivity (Wildman–Crippen MR) is 122 cm³/mol. The van der Waals surface area contributed by atoms with Gasteiger partial charge in [-0.1, -0.05) is 37.3 Å². The monoisotopic (exact) mass is 423 g/mol. The highest BCUT2D eigenvalue weighted by Crippen LogP contribution is 2.26. The number of carbonyl (C=O) groups excluding carboxylic acids is 1. The van der Waals surface area contributed by atoms with E-state index in [4.69, 9.17) is 5.26 Å². The molecule has 2 heterocycles. The number of amides is 1. The van der Waals surface area contributed by atoms with Crippen LogP contribution >= 0.6 is 0 Å². The van der Waals surface area contributed by atoms with Gasteiger partial charge in [-0.3, -0.25) is 4.79 Å². The zero-order valence-corrected chi connectivity index (χ0v) is 17.7. The third-order valence-electron chi connectivity index (χ3n) is 5.24. The van der Waals surface area contributed by atoms with E-state index in [0.29, 0.717) is 23.6 Å². The van der Waals surface area contributed by atoms with E-state index in [1.165, 1.54) is 12.7 Å². The summed E-state index contributed by atoms with van der Waals surface area (Å²) in [6.07, 6.45) is 2.94. The van der Waals surface area contributed by atoms with Crippen LogP contribution in [-0.2, 0) is 0 Å². The molecule has 2 N–H and O–H groups in total. The minimum absolute atomic E-state index is 0.0967. The second kappa shape index (κ2) is 9.18. The molecular formula is C24H21N7O. The fourth-order valence-corrected chi connectivity index (χ4v) is 3.50. The topological polar surface area (TPSA) is 116 Å². The molecule has 0 saturated heterocycles. The Morgan fingerprint density at radius 3 is 2.59 bits per heavy atom. The Bertz CT molecular complexity index is 1310. The highest BCUT2D eigenvalue weighted by molar-refractivity contribution is 6.04. The zero-order valence-electron chi connectivity index (χ0n) is 17.7. The van der Waals surface area contributed by atoms with Crippen LogP contribution in [0.1, 0.15) is 34.5 Å². The Hall–Kier alpha value is -4.38. The van der Waals surface area contributed by atoms with E-state index in [2.05, 4.69) is 43.6 Å². The van der Waals surface area contributed by atoms with Crippen molar-refractivity contribution in [2.24, 2.45) is 0 Å². The molecule has 158 valence electrons. The van der Waals surface area contributed by atoms with Gasteiger partial charge in [-0.2, -0.15) is 5.26 Å². The molecule has 1 amide bonds. The number of para-hydroxylation sites is 1. The Labute approximate surface area is 185 Å². The van der Waals surface area contributed by atoms with Crippen molar-refractivity contribution < 1.29 is 4.79 Å². The van der Waals surface area contributed by atoms with Crippen molar-refractivity contribution in [3.05, 3.63) is 78.0 Å². The molecule has 8 heteroatoms. The van der Waals surface area contributed by atoms with Gasteiger partial charge >= 0.3 is 0 Å². The fourth-order valence-electron chi connectivity index (χ4n) is 3.50. The number of hydrogen-bond donors (Lipinski definition) is 2. The number of benzene rings is 2. The van der Waals surface area contributed by atoms with E-state index in [-0.39, 0.29) is 11.8 Å². The van der Waals surface area contributed by atoms with E-state index in [1.807, 2.05) is 36.4 Å². The van der Waals surface area contributed by atoms with Gasteiger partial charge in [-0.05, 0) is 17.7 Å². The average Bonchev–Trinajstić information content (AvgIpc) is 2.86. The summed E-state index contributed by atoms with van der Waals surface area (Å²) < 4.78 is 0. The van der Waals surface area contributed by atoms with Crippen LogP contribution in [0.25, 0.3) is 22.2 Å². The number of rotatable bonds is 6. The Balaban J connectivity index is 1.54. The summed E-state index contributed by atoms with van der Waals surface area (Å²) in [6.45, 7) is 2.70. The molecule has 4 rings (SSSR count). The van der Waals surface area contributed by atoms with Gasteiger partial charge in [0.25, 0.3) is 5.91 Å². The first-order chi connectivity index (χ1) is 15.6. The maximum absolute atomic E-state index is 12.2. The molecule has 0 radical (unpaired) electrons. The van der Waals surface area contributed by atoms with Gasteiger partial charge in [-0.25, -0.2) is 19.9 Å². The highest BCUT2D eigenvalue weighted by Gasteiger charge is 2.16. The summed E-state index contributed by atoms with van der Waals surface area (Å²) >= 11 is 0. The lowest BCUT2D eigenvalue weighted by Gasteiger charge is -2.16. The van der Waals surface area contributed by atoms with Crippen molar-refractivity contribution in [1.82, 2.24) is 25.3 Å². The third kappa shape index (κ3) is 4.23. The van der Waals surface area contributed by atoms with Crippen LogP contribution in [0.2, 0.25) is 0 Å². The molecule has 0 spiro atoms. The van der Waals surface area contributed by atoms with E-state index in [9.17, 15) is 4.79 Å². The number of anilines is 1. The second-order valence-electron chi connectivity index (χ2n) is 7.30. The molecule has 32 heavy (non-hydrogen) atoms. The van der Waals surface area contributed by atoms with Gasteiger partial charge in [-0.15, -0.1) is 0 Å². The third-order valence-corrected chi connectivity index (χ3v) is 5.24. The first-order valence-corrected chi connectivity index (χ1v) is 10.1. The lowest BCUT2D eigenvalue weighted by molar-refractivity contribution is 0.0960. The number of nitriles is 1. The molecule has 8 nitrogen and oxygen atoms in total. The number of hydrogen-bond acceptors (Lipinski definition) is 7. The normalized spacial score (nSPS) is 11.5. The summed E-state index contributed by atoms with van der Waals surface area (Å²) in [5.41, 5.74) is 4.43. The lowest BCUT2D eigenvalue weighted by Crippen LogP contribution is -2.20. The van der Waals surface area contributed by atoms with Crippen LogP contribution in [0, 0.1) is 11.3 Å². The number of nitrogens with one attached hydrogen (secondary N) is 2. The Kier molecular flexibility index (Phi) is 5.99. The molecule has 0 aliphatic rings. The number of carbonyl (C=O) groups is 1. The van der Waals surface area contributed by atoms with Gasteiger partial charge in [0.05, 0.1) is 22.8 Å². The Morgan fingerprint density at radius 1 is 1.06 bits per heavy atom. The molecule has 0 saturated carbocycles. The van der Waals surface area contributed by atoms with Gasteiger partial charge < -0.3 is 10.6 Å². The summed E-state index contributed by atoms with van der Waals surface area (Å²) in [5, 5.41) is 15.7. The number of fused-ring (bicyclic) bond motifs is 1. The molecule has 1 unspecified atom stereocenters. The molecule has 0 aliphatic carbocycles. The van der Waals surface area contributed by atoms with Crippen LogP contribution in [0.3, 0.4) is 0 Å². The molecule has 1 atom stereocenters. The van der Waals surface area contributed by atoms with Crippen LogP contribution in [0.4, 0.5) is 5.82 Å². The van der Waals surface area contributed by atoms with Crippen molar-refractivity contribution in [2.45, 2.75) is 12.8 Å². The Morgan fingerprint density at radius 2 is 1.84 bits per heavy atom. The van der Waals surface area contributed by atoms with E-state index in [1.54, 1.807) is 19.2 Å². The van der Waals surface area contributed by atoms with Crippen molar-refractivity contribution in [1.29, 1.82) is 5.26 Å². The summed E-state index contributed by atoms with van der Waals surface area (Å²) in [6, 6.07) is 17.0. The van der Waals surface area contributed by atoms with Gasteiger partial charge in [0.15, 0.2) is 0 Å². The first-order valence-electron chi connectivity index (χ1n) is 10.1. The first kappa shape index (κ1) is 20.9. The van der Waals surface area contributed by atoms with Crippen LogP contribution < -0.4 is 10.6 Å². The van der Waals surface area contributed by atoms with Crippen molar-refractivity contribution in [3.63, 3.8) is 0 Å². The van der Waals surface area contributed by atoms with Gasteiger partial charge in [0, 0.05) is 36.5 Å². The standard InChI is InChI=1S/C24H21N7O/c1-15(18-4-3-5-19-22(18)30-14-31-23(19)24(32)26-2)12-27-21-10-20(28-13-29-21)17-8-6-16(11-25)7-9-17/h3-10,13-15H,12H2,1-2H3,(H,26,32)(H,27,28,29). The average molecular weight is 423 g/mol. The maximum Gasteiger partial charge on any atom is 0.270 e. The molecule has 0 fully saturated rings. The molecule has 2 aromatic carbocycles. The largest absolute Gasteiger partial charge is 0.369 e. The molecule has 4 aromatic rings. The summed E-state index contributed by atoms with van der Waals surface area (Å²) in [7, 11) is 1.58. The van der Waals surface area contributed by atoms with E-state index in [0.717, 1.165) is 27.7 Å². The quantitative estimate of drug-likeness (QED) is 0.487. The summed E-state index contributed by atoms with van der Waals surface area (Å²) in [4.78, 5) is 29.4. The molecule has 0 aliphatic heterocycles. The van der Waals surface area contributed by atoms with E-state index >= 15 is 0 Å². The summed E-state index contributed by atoms with van der Waals surface area (Å²) in [5.74, 6) is 0.559. The minimum Gasteiger partial charge on any atom is -0.369 e. The fraction of sp³-hybridized carbons (Fsp3) is 0.167. The lowest BCUT2D eigenvalue weighted by atomic mass is 9.97. The van der Waals surface area contributed by atoms with Crippen molar-refractivity contribution in [3.8, 4) is 17.3 Å². The second-order valence-corrected chi connectivity index (χ2v) is 7.30. The zero-order chi connectivity index (χ0) is 22.5. The van der Waals surface area contributed by atoms with Crippen LogP contribution in [-0.4, -0.2) is 39.4 Å². The molecular weight excluding hydrogens is 402 g/mol. The predicted octanol–water partition coefficient (Wildman–Crippen LogP) is 3.53. The van der Waals surface area contributed by atoms with Gasteiger partial charge in [0.2, 0.25) is 0 Å². The smallest absolute Gasteiger partial charge is 0.270 e.